The van der Waals surface area contributed by atoms with E-state index in [0.717, 1.165) is 0 Å². The van der Waals surface area contributed by atoms with Crippen LogP contribution in [0.25, 0.3) is 0 Å². The average molecular weight is 258 g/mol. The summed E-state index contributed by atoms with van der Waals surface area (Å²) < 4.78 is 4.85. The van der Waals surface area contributed by atoms with Gasteiger partial charge in [0.2, 0.25) is 5.91 Å². The summed E-state index contributed by atoms with van der Waals surface area (Å²) in [6.45, 7) is 5.90. The van der Waals surface area contributed by atoms with Gasteiger partial charge in [-0.15, -0.1) is 0 Å². The molecule has 6 heteroatoms. The van der Waals surface area contributed by atoms with Crippen molar-refractivity contribution in [2.24, 2.45) is 11.8 Å². The Kier molecular flexibility index (Phi) is 5.55. The lowest BCUT2D eigenvalue weighted by molar-refractivity contribution is -0.146. The maximum atomic E-state index is 11.7. The van der Waals surface area contributed by atoms with Crippen LogP contribution in [0.5, 0.6) is 0 Å². The van der Waals surface area contributed by atoms with E-state index in [1.54, 1.807) is 14.0 Å². The van der Waals surface area contributed by atoms with Crippen LogP contribution in [0.4, 0.5) is 0 Å². The molecular weight excluding hydrogens is 236 g/mol. The molecule has 0 aromatic rings. The number of nitrogens with one attached hydrogen (secondary N) is 1. The molecule has 0 aromatic heterocycles. The third kappa shape index (κ3) is 3.68. The first kappa shape index (κ1) is 14.9. The van der Waals surface area contributed by atoms with Gasteiger partial charge in [0.25, 0.3) is 0 Å². The molecule has 1 amide bonds. The first-order chi connectivity index (χ1) is 8.47. The molecule has 2 N–H and O–H groups in total. The summed E-state index contributed by atoms with van der Waals surface area (Å²) in [5.74, 6) is -0.993. The number of aliphatic carboxylic acids is 1. The number of nitrogens with zero attached hydrogens (tertiary/aromatic N) is 1. The third-order valence-corrected chi connectivity index (χ3v) is 3.57. The van der Waals surface area contributed by atoms with E-state index in [4.69, 9.17) is 9.84 Å². The Morgan fingerprint density at radius 1 is 1.44 bits per heavy atom. The highest BCUT2D eigenvalue weighted by atomic mass is 16.5. The second kappa shape index (κ2) is 6.70. The number of methoxy groups -OCH3 is 1. The molecule has 0 aliphatic carbocycles. The number of rotatable bonds is 7. The third-order valence-electron chi connectivity index (χ3n) is 3.57. The van der Waals surface area contributed by atoms with Gasteiger partial charge >= 0.3 is 5.97 Å². The van der Waals surface area contributed by atoms with Crippen LogP contribution in [0.2, 0.25) is 0 Å². The van der Waals surface area contributed by atoms with Crippen molar-refractivity contribution in [1.82, 2.24) is 10.2 Å². The number of hydrogen-bond donors (Lipinski definition) is 2. The molecule has 18 heavy (non-hydrogen) atoms. The summed E-state index contributed by atoms with van der Waals surface area (Å²) in [6, 6.07) is -0.209. The summed E-state index contributed by atoms with van der Waals surface area (Å²) in [5.41, 5.74) is 0. The lowest BCUT2D eigenvalue weighted by atomic mass is 9.86. The second-order valence-corrected chi connectivity index (χ2v) is 4.80. The molecule has 0 spiro atoms. The molecule has 104 valence electrons. The van der Waals surface area contributed by atoms with Gasteiger partial charge < -0.3 is 15.2 Å². The van der Waals surface area contributed by atoms with E-state index in [0.29, 0.717) is 26.2 Å². The van der Waals surface area contributed by atoms with Gasteiger partial charge in [-0.1, -0.05) is 6.92 Å². The number of carboxylic acid groups (broad SMARTS) is 1. The molecule has 0 radical (unpaired) electrons. The van der Waals surface area contributed by atoms with E-state index in [1.165, 1.54) is 0 Å². The van der Waals surface area contributed by atoms with E-state index in [9.17, 15) is 9.59 Å². The van der Waals surface area contributed by atoms with E-state index in [1.807, 2.05) is 11.8 Å². The Hall–Kier alpha value is -1.14. The first-order valence-electron chi connectivity index (χ1n) is 6.20. The zero-order valence-corrected chi connectivity index (χ0v) is 11.2. The molecule has 0 aromatic carbocycles. The summed E-state index contributed by atoms with van der Waals surface area (Å²) >= 11 is 0. The maximum Gasteiger partial charge on any atom is 0.306 e. The van der Waals surface area contributed by atoms with Crippen LogP contribution in [0.15, 0.2) is 0 Å². The molecule has 0 bridgehead atoms. The number of ether oxygens (including phenoxy) is 1. The Bertz CT molecular complexity index is 302. The molecule has 1 saturated heterocycles. The zero-order valence-electron chi connectivity index (χ0n) is 11.2. The van der Waals surface area contributed by atoms with Crippen molar-refractivity contribution in [2.75, 3.05) is 33.4 Å². The summed E-state index contributed by atoms with van der Waals surface area (Å²) in [4.78, 5) is 24.5. The predicted octanol–water partition coefficient (Wildman–Crippen LogP) is -0.210. The fraction of sp³-hybridized carbons (Fsp3) is 0.833. The Labute approximate surface area is 107 Å². The largest absolute Gasteiger partial charge is 0.481 e. The van der Waals surface area contributed by atoms with E-state index in [2.05, 4.69) is 5.32 Å². The van der Waals surface area contributed by atoms with Crippen LogP contribution >= 0.6 is 0 Å². The lowest BCUT2D eigenvalue weighted by Crippen LogP contribution is -2.58. The molecule has 6 nitrogen and oxygen atoms in total. The maximum absolute atomic E-state index is 11.7. The lowest BCUT2D eigenvalue weighted by Gasteiger charge is -2.44. The normalized spacial score (nSPS) is 19.9. The quantitative estimate of drug-likeness (QED) is 0.618. The Morgan fingerprint density at radius 3 is 2.56 bits per heavy atom. The van der Waals surface area contributed by atoms with Gasteiger partial charge in [-0.25, -0.2) is 0 Å². The minimum absolute atomic E-state index is 0.0338. The van der Waals surface area contributed by atoms with Crippen molar-refractivity contribution in [1.29, 1.82) is 0 Å². The van der Waals surface area contributed by atoms with Gasteiger partial charge in [-0.05, 0) is 12.8 Å². The number of carbonyl (C=O) groups is 2. The van der Waals surface area contributed by atoms with Crippen LogP contribution in [0.1, 0.15) is 13.8 Å². The van der Waals surface area contributed by atoms with Crippen LogP contribution in [0.3, 0.4) is 0 Å². The van der Waals surface area contributed by atoms with Crippen LogP contribution in [-0.2, 0) is 14.3 Å². The molecular formula is C12H22N2O4. The predicted molar refractivity (Wildman–Crippen MR) is 66.2 cm³/mol. The molecule has 1 heterocycles. The van der Waals surface area contributed by atoms with Crippen LogP contribution < -0.4 is 5.32 Å². The van der Waals surface area contributed by atoms with Gasteiger partial charge in [0.15, 0.2) is 0 Å². The van der Waals surface area contributed by atoms with E-state index >= 15 is 0 Å². The Morgan fingerprint density at radius 2 is 2.06 bits per heavy atom. The topological polar surface area (TPSA) is 78.9 Å². The zero-order chi connectivity index (χ0) is 13.7. The van der Waals surface area contributed by atoms with Gasteiger partial charge in [0.05, 0.1) is 18.6 Å². The standard InChI is InChI=1S/C12H22N2O4/c1-8(12(16)17)10-6-14(7-10)9(2)11(15)13-4-5-18-3/h8-10H,4-7H2,1-3H3,(H,13,15)(H,16,17). The van der Waals surface area contributed by atoms with Crippen molar-refractivity contribution < 1.29 is 19.4 Å². The highest BCUT2D eigenvalue weighted by molar-refractivity contribution is 5.81. The van der Waals surface area contributed by atoms with Crippen molar-refractivity contribution in [3.8, 4) is 0 Å². The summed E-state index contributed by atoms with van der Waals surface area (Å²) in [5, 5.41) is 11.7. The second-order valence-electron chi connectivity index (χ2n) is 4.80. The fourth-order valence-electron chi connectivity index (χ4n) is 1.97. The monoisotopic (exact) mass is 258 g/mol. The molecule has 0 saturated carbocycles. The summed E-state index contributed by atoms with van der Waals surface area (Å²) in [6.07, 6.45) is 0. The van der Waals surface area contributed by atoms with Gasteiger partial charge in [-0.2, -0.15) is 0 Å². The molecule has 1 aliphatic heterocycles. The first-order valence-corrected chi connectivity index (χ1v) is 6.20. The Balaban J connectivity index is 2.27. The smallest absolute Gasteiger partial charge is 0.306 e. The van der Waals surface area contributed by atoms with Crippen LogP contribution in [0, 0.1) is 11.8 Å². The van der Waals surface area contributed by atoms with Crippen molar-refractivity contribution in [3.05, 3.63) is 0 Å². The van der Waals surface area contributed by atoms with E-state index in [-0.39, 0.29) is 23.8 Å². The molecule has 1 fully saturated rings. The minimum atomic E-state index is -0.767. The minimum Gasteiger partial charge on any atom is -0.481 e. The van der Waals surface area contributed by atoms with Crippen molar-refractivity contribution >= 4 is 11.9 Å². The number of carboxylic acids is 1. The molecule has 2 atom stereocenters. The SMILES string of the molecule is COCCNC(=O)C(C)N1CC(C(C)C(=O)O)C1. The highest BCUT2D eigenvalue weighted by Crippen LogP contribution is 2.25. The van der Waals surface area contributed by atoms with Gasteiger partial charge in [-0.3, -0.25) is 14.5 Å². The fourth-order valence-corrected chi connectivity index (χ4v) is 1.97. The van der Waals surface area contributed by atoms with Gasteiger partial charge in [0, 0.05) is 26.7 Å². The number of carbonyl (C=O) groups excluding carboxylic acids is 1. The molecule has 1 rings (SSSR count). The average Bonchev–Trinajstić information content (AvgIpc) is 2.26. The number of amides is 1. The number of hydrogen-bond acceptors (Lipinski definition) is 4. The van der Waals surface area contributed by atoms with Crippen molar-refractivity contribution in [3.63, 3.8) is 0 Å². The number of likely N-dealkylation sites (tertiary alicyclic amines) is 1. The van der Waals surface area contributed by atoms with Crippen molar-refractivity contribution in [2.45, 2.75) is 19.9 Å². The molecule has 2 unspecified atom stereocenters. The summed E-state index contributed by atoms with van der Waals surface area (Å²) in [7, 11) is 1.59. The molecule has 1 aliphatic rings. The van der Waals surface area contributed by atoms with E-state index < -0.39 is 5.97 Å². The van der Waals surface area contributed by atoms with Gasteiger partial charge in [0.1, 0.15) is 0 Å². The highest BCUT2D eigenvalue weighted by Gasteiger charge is 2.38. The van der Waals surface area contributed by atoms with Crippen LogP contribution in [-0.4, -0.2) is 61.3 Å².